The molecule has 0 bridgehead atoms. The number of nitrogens with two attached hydrogens (primary N) is 1. The van der Waals surface area contributed by atoms with Crippen LogP contribution in [0.1, 0.15) is 25.8 Å². The zero-order valence-corrected chi connectivity index (χ0v) is 12.1. The number of carbonyl (C=O) groups is 1. The number of nitrogens with one attached hydrogen (secondary N) is 1. The predicted molar refractivity (Wildman–Crippen MR) is 78.5 cm³/mol. The molecule has 104 valence electrons. The van der Waals surface area contributed by atoms with Crippen LogP contribution in [0.4, 0.5) is 0 Å². The van der Waals surface area contributed by atoms with Gasteiger partial charge in [-0.1, -0.05) is 38.6 Å². The van der Waals surface area contributed by atoms with Crippen LogP contribution in [0, 0.1) is 5.92 Å². The Morgan fingerprint density at radius 1 is 1.58 bits per heavy atom. The molecule has 1 amide bonds. The summed E-state index contributed by atoms with van der Waals surface area (Å²) >= 11 is -1.59. The molecule has 1 aromatic carbocycles. The fourth-order valence-electron chi connectivity index (χ4n) is 1.60. The average molecular weight is 280 g/mol. The molecule has 1 aromatic rings. The molecule has 0 radical (unpaired) electrons. The van der Waals surface area contributed by atoms with Gasteiger partial charge in [0.25, 0.3) is 5.91 Å². The normalized spacial score (nSPS) is 13.9. The Labute approximate surface area is 117 Å². The van der Waals surface area contributed by atoms with Crippen molar-refractivity contribution in [3.63, 3.8) is 0 Å². The maximum absolute atomic E-state index is 12.0. The standard InChI is InChI=1S/C14H20N2O2S/c1-4-11-6-5-7-12(9-11)19(18)16-14(17)13(15)8-10(2)3/h4-7,9-10,13H,1,8,15H2,2-3H3,(H,16,17). The average Bonchev–Trinajstić information content (AvgIpc) is 2.37. The van der Waals surface area contributed by atoms with Crippen LogP contribution in [0.15, 0.2) is 35.7 Å². The molecule has 0 aliphatic heterocycles. The van der Waals surface area contributed by atoms with Gasteiger partial charge in [0.2, 0.25) is 0 Å². The maximum atomic E-state index is 12.0. The third-order valence-corrected chi connectivity index (χ3v) is 3.63. The summed E-state index contributed by atoms with van der Waals surface area (Å²) in [6.45, 7) is 7.61. The minimum absolute atomic E-state index is 0.318. The molecule has 0 fully saturated rings. The van der Waals surface area contributed by atoms with Crippen molar-refractivity contribution in [1.29, 1.82) is 0 Å². The molecule has 0 aliphatic rings. The van der Waals surface area contributed by atoms with Crippen LogP contribution in [0.2, 0.25) is 0 Å². The van der Waals surface area contributed by atoms with E-state index in [0.717, 1.165) is 5.56 Å². The van der Waals surface area contributed by atoms with Gasteiger partial charge in [-0.25, -0.2) is 0 Å². The smallest absolute Gasteiger partial charge is 0.278 e. The molecule has 0 saturated heterocycles. The number of carbonyl (C=O) groups excluding carboxylic acids is 1. The summed E-state index contributed by atoms with van der Waals surface area (Å²) in [7, 11) is 0. The molecule has 4 nitrogen and oxygen atoms in total. The zero-order valence-electron chi connectivity index (χ0n) is 11.3. The van der Waals surface area contributed by atoms with Crippen LogP contribution in [0.25, 0.3) is 6.08 Å². The lowest BCUT2D eigenvalue weighted by molar-refractivity contribution is -0.120. The van der Waals surface area contributed by atoms with E-state index in [1.165, 1.54) is 0 Å². The highest BCUT2D eigenvalue weighted by molar-refractivity contribution is 7.90. The largest absolute Gasteiger partial charge is 0.588 e. The molecule has 5 heteroatoms. The highest BCUT2D eigenvalue weighted by Crippen LogP contribution is 2.12. The van der Waals surface area contributed by atoms with E-state index in [2.05, 4.69) is 11.3 Å². The third-order valence-electron chi connectivity index (χ3n) is 2.56. The topological polar surface area (TPSA) is 78.2 Å². The highest BCUT2D eigenvalue weighted by Gasteiger charge is 2.21. The summed E-state index contributed by atoms with van der Waals surface area (Å²) in [5.74, 6) is -0.0747. The Hall–Kier alpha value is -1.30. The summed E-state index contributed by atoms with van der Waals surface area (Å²) in [5.41, 5.74) is 6.59. The van der Waals surface area contributed by atoms with Crippen molar-refractivity contribution in [2.24, 2.45) is 11.7 Å². The molecule has 0 saturated carbocycles. The van der Waals surface area contributed by atoms with E-state index < -0.39 is 23.3 Å². The Bertz CT molecular complexity index is 449. The summed E-state index contributed by atoms with van der Waals surface area (Å²) in [5, 5.41) is 0. The number of benzene rings is 1. The van der Waals surface area contributed by atoms with Gasteiger partial charge in [-0.05, 0) is 24.0 Å². The van der Waals surface area contributed by atoms with Gasteiger partial charge < -0.3 is 10.3 Å². The molecule has 19 heavy (non-hydrogen) atoms. The minimum Gasteiger partial charge on any atom is -0.588 e. The van der Waals surface area contributed by atoms with E-state index in [1.54, 1.807) is 24.3 Å². The lowest BCUT2D eigenvalue weighted by Crippen LogP contribution is -2.43. The van der Waals surface area contributed by atoms with Gasteiger partial charge >= 0.3 is 0 Å². The van der Waals surface area contributed by atoms with E-state index in [-0.39, 0.29) is 0 Å². The number of rotatable bonds is 6. The molecular formula is C14H20N2O2S. The number of hydrogen-bond acceptors (Lipinski definition) is 3. The number of hydrogen-bond donors (Lipinski definition) is 2. The molecule has 0 spiro atoms. The van der Waals surface area contributed by atoms with Crippen LogP contribution >= 0.6 is 0 Å². The second-order valence-electron chi connectivity index (χ2n) is 4.75. The highest BCUT2D eigenvalue weighted by atomic mass is 32.2. The second-order valence-corrected chi connectivity index (χ2v) is 5.96. The molecule has 0 aliphatic carbocycles. The van der Waals surface area contributed by atoms with Gasteiger partial charge in [-0.15, -0.1) is 0 Å². The van der Waals surface area contributed by atoms with Gasteiger partial charge in [0, 0.05) is 6.07 Å². The quantitative estimate of drug-likeness (QED) is 0.780. The van der Waals surface area contributed by atoms with Gasteiger partial charge in [-0.3, -0.25) is 4.79 Å². The Morgan fingerprint density at radius 2 is 2.26 bits per heavy atom. The fraction of sp³-hybridized carbons (Fsp3) is 0.357. The van der Waals surface area contributed by atoms with E-state index in [4.69, 9.17) is 5.73 Å². The fourth-order valence-corrected chi connectivity index (χ4v) is 2.49. The first kappa shape index (κ1) is 15.8. The molecule has 2 unspecified atom stereocenters. The van der Waals surface area contributed by atoms with E-state index in [9.17, 15) is 9.35 Å². The number of amides is 1. The van der Waals surface area contributed by atoms with E-state index >= 15 is 0 Å². The van der Waals surface area contributed by atoms with Crippen molar-refractivity contribution in [2.75, 3.05) is 0 Å². The van der Waals surface area contributed by atoms with Crippen LogP contribution < -0.4 is 10.5 Å². The van der Waals surface area contributed by atoms with Gasteiger partial charge in [0.1, 0.15) is 11.4 Å². The monoisotopic (exact) mass is 280 g/mol. The predicted octanol–water partition coefficient (Wildman–Crippen LogP) is 1.84. The van der Waals surface area contributed by atoms with Crippen LogP contribution in [-0.4, -0.2) is 16.5 Å². The van der Waals surface area contributed by atoms with Crippen LogP contribution in [-0.2, 0) is 16.2 Å². The van der Waals surface area contributed by atoms with Gasteiger partial charge in [0.15, 0.2) is 4.90 Å². The summed E-state index contributed by atoms with van der Waals surface area (Å²) in [6.07, 6.45) is 2.22. The first-order valence-corrected chi connectivity index (χ1v) is 7.29. The lowest BCUT2D eigenvalue weighted by Gasteiger charge is -2.15. The summed E-state index contributed by atoms with van der Waals surface area (Å²) in [4.78, 5) is 12.3. The Kier molecular flexibility index (Phi) is 6.08. The maximum Gasteiger partial charge on any atom is 0.278 e. The molecule has 1 rings (SSSR count). The van der Waals surface area contributed by atoms with Gasteiger partial charge in [0.05, 0.1) is 6.04 Å². The van der Waals surface area contributed by atoms with Crippen molar-refractivity contribution in [2.45, 2.75) is 31.2 Å². The van der Waals surface area contributed by atoms with Crippen LogP contribution in [0.5, 0.6) is 0 Å². The second kappa shape index (κ2) is 7.33. The molecule has 0 aromatic heterocycles. The molecule has 3 N–H and O–H groups in total. The van der Waals surface area contributed by atoms with Crippen molar-refractivity contribution in [3.05, 3.63) is 36.4 Å². The third kappa shape index (κ3) is 5.06. The SMILES string of the molecule is C=Cc1cccc([S+]([O-])NC(=O)C(N)CC(C)C)c1. The van der Waals surface area contributed by atoms with Gasteiger partial charge in [-0.2, -0.15) is 4.72 Å². The van der Waals surface area contributed by atoms with Crippen molar-refractivity contribution in [3.8, 4) is 0 Å². The molecule has 2 atom stereocenters. The Balaban J connectivity index is 2.65. The first-order chi connectivity index (χ1) is 8.93. The van der Waals surface area contributed by atoms with Crippen molar-refractivity contribution in [1.82, 2.24) is 4.72 Å². The summed E-state index contributed by atoms with van der Waals surface area (Å²) in [6, 6.07) is 6.39. The zero-order chi connectivity index (χ0) is 14.4. The Morgan fingerprint density at radius 3 is 2.84 bits per heavy atom. The minimum atomic E-state index is -1.59. The first-order valence-electron chi connectivity index (χ1n) is 6.14. The van der Waals surface area contributed by atoms with Crippen molar-refractivity contribution < 1.29 is 9.35 Å². The summed E-state index contributed by atoms with van der Waals surface area (Å²) < 4.78 is 14.4. The van der Waals surface area contributed by atoms with Crippen molar-refractivity contribution >= 4 is 23.3 Å². The lowest BCUT2D eigenvalue weighted by atomic mass is 10.0. The molecule has 0 heterocycles. The van der Waals surface area contributed by atoms with E-state index in [1.807, 2.05) is 19.9 Å². The van der Waals surface area contributed by atoms with E-state index in [0.29, 0.717) is 17.2 Å². The molecular weight excluding hydrogens is 260 g/mol. The van der Waals surface area contributed by atoms with Crippen LogP contribution in [0.3, 0.4) is 0 Å².